The minimum atomic E-state index is -3.06. The first-order valence-corrected chi connectivity index (χ1v) is 10.4. The van der Waals surface area contributed by atoms with Crippen molar-refractivity contribution in [2.45, 2.75) is 26.6 Å². The van der Waals surface area contributed by atoms with Crippen molar-refractivity contribution >= 4 is 23.2 Å². The quantitative estimate of drug-likeness (QED) is 0.515. The molecule has 170 valence electrons. The molecule has 0 saturated heterocycles. The molecule has 0 aliphatic rings. The summed E-state index contributed by atoms with van der Waals surface area (Å²) in [6.07, 6.45) is 1.30. The van der Waals surface area contributed by atoms with Gasteiger partial charge in [-0.3, -0.25) is 9.59 Å². The lowest BCUT2D eigenvalue weighted by Crippen LogP contribution is -2.25. The molecule has 1 aromatic carbocycles. The van der Waals surface area contributed by atoms with Gasteiger partial charge in [0.2, 0.25) is 0 Å². The van der Waals surface area contributed by atoms with Gasteiger partial charge in [-0.25, -0.2) is 9.37 Å². The third kappa shape index (κ3) is 6.08. The second-order valence-corrected chi connectivity index (χ2v) is 7.70. The van der Waals surface area contributed by atoms with E-state index >= 15 is 0 Å². The van der Waals surface area contributed by atoms with Crippen LogP contribution in [0.3, 0.4) is 0 Å². The number of nitrogens with zero attached hydrogens (tertiary/aromatic N) is 2. The minimum absolute atomic E-state index is 0.0348. The molecule has 2 amide bonds. The molecule has 2 N–H and O–H groups in total. The minimum Gasteiger partial charge on any atom is -0.433 e. The van der Waals surface area contributed by atoms with Gasteiger partial charge in [0.25, 0.3) is 11.8 Å². The maximum Gasteiger partial charge on any atom is 0.387 e. The number of pyridine rings is 1. The second-order valence-electron chi connectivity index (χ2n) is 6.78. The Morgan fingerprint density at radius 3 is 2.61 bits per heavy atom. The van der Waals surface area contributed by atoms with Gasteiger partial charge in [-0.15, -0.1) is 11.3 Å². The van der Waals surface area contributed by atoms with E-state index in [9.17, 15) is 22.8 Å². The highest BCUT2D eigenvalue weighted by molar-refractivity contribution is 7.12. The van der Waals surface area contributed by atoms with Crippen molar-refractivity contribution in [2.24, 2.45) is 0 Å². The number of alkyl halides is 2. The van der Waals surface area contributed by atoms with Crippen molar-refractivity contribution in [1.82, 2.24) is 15.6 Å². The molecule has 0 atom stereocenters. The highest BCUT2D eigenvalue weighted by Crippen LogP contribution is 2.26. The van der Waals surface area contributed by atoms with Crippen LogP contribution in [0.4, 0.5) is 13.2 Å². The van der Waals surface area contributed by atoms with Crippen LogP contribution in [-0.2, 0) is 13.1 Å². The summed E-state index contributed by atoms with van der Waals surface area (Å²) in [5.74, 6) is -1.98. The number of rotatable bonds is 8. The summed E-state index contributed by atoms with van der Waals surface area (Å²) in [5, 5.41) is 15.4. The SMILES string of the molecule is Cc1cc(C#N)cnc1C(=O)NCc1ccc(CNC(=O)c2sccc2OC(F)F)c(F)c1. The van der Waals surface area contributed by atoms with Crippen LogP contribution < -0.4 is 15.4 Å². The van der Waals surface area contributed by atoms with Crippen LogP contribution in [0.15, 0.2) is 41.9 Å². The van der Waals surface area contributed by atoms with Crippen molar-refractivity contribution < 1.29 is 27.5 Å². The Kier molecular flexibility index (Phi) is 7.63. The zero-order valence-corrected chi connectivity index (χ0v) is 18.0. The predicted octanol–water partition coefficient (Wildman–Crippen LogP) is 3.92. The molecule has 0 unspecified atom stereocenters. The van der Waals surface area contributed by atoms with Gasteiger partial charge in [-0.05, 0) is 41.6 Å². The van der Waals surface area contributed by atoms with Crippen molar-refractivity contribution in [3.05, 3.63) is 80.6 Å². The van der Waals surface area contributed by atoms with Gasteiger partial charge >= 0.3 is 6.61 Å². The van der Waals surface area contributed by atoms with Gasteiger partial charge in [0, 0.05) is 24.8 Å². The first-order chi connectivity index (χ1) is 15.8. The van der Waals surface area contributed by atoms with Gasteiger partial charge < -0.3 is 15.4 Å². The third-order valence-electron chi connectivity index (χ3n) is 4.48. The Bertz CT molecular complexity index is 1220. The maximum absolute atomic E-state index is 14.5. The summed E-state index contributed by atoms with van der Waals surface area (Å²) >= 11 is 0.927. The lowest BCUT2D eigenvalue weighted by molar-refractivity contribution is -0.0498. The molecular weight excluding hydrogens is 457 g/mol. The number of aromatic nitrogens is 1. The molecule has 11 heteroatoms. The number of carbonyl (C=O) groups excluding carboxylic acids is 2. The molecular formula is C22H17F3N4O3S. The molecule has 3 aromatic rings. The summed E-state index contributed by atoms with van der Waals surface area (Å²) in [6, 6.07) is 8.99. The Balaban J connectivity index is 1.58. The molecule has 33 heavy (non-hydrogen) atoms. The predicted molar refractivity (Wildman–Crippen MR) is 113 cm³/mol. The number of hydrogen-bond donors (Lipinski definition) is 2. The molecule has 0 saturated carbocycles. The molecule has 2 aromatic heterocycles. The molecule has 0 aliphatic heterocycles. The molecule has 3 rings (SSSR count). The molecule has 0 fully saturated rings. The summed E-state index contributed by atoms with van der Waals surface area (Å²) in [5.41, 5.74) is 1.70. The number of amides is 2. The van der Waals surface area contributed by atoms with Gasteiger partial charge in [0.1, 0.15) is 28.2 Å². The van der Waals surface area contributed by atoms with Gasteiger partial charge in [0.15, 0.2) is 0 Å². The van der Waals surface area contributed by atoms with E-state index in [4.69, 9.17) is 5.26 Å². The van der Waals surface area contributed by atoms with Crippen LogP contribution in [0, 0.1) is 24.1 Å². The fraction of sp³-hybridized carbons (Fsp3) is 0.182. The molecule has 0 aliphatic carbocycles. The zero-order chi connectivity index (χ0) is 24.0. The van der Waals surface area contributed by atoms with Gasteiger partial charge in [-0.1, -0.05) is 12.1 Å². The van der Waals surface area contributed by atoms with Crippen LogP contribution in [0.5, 0.6) is 5.75 Å². The normalized spacial score (nSPS) is 10.5. The van der Waals surface area contributed by atoms with E-state index in [1.54, 1.807) is 19.1 Å². The van der Waals surface area contributed by atoms with Gasteiger partial charge in [0.05, 0.1) is 5.56 Å². The van der Waals surface area contributed by atoms with Crippen molar-refractivity contribution in [2.75, 3.05) is 0 Å². The van der Waals surface area contributed by atoms with Crippen molar-refractivity contribution in [1.29, 1.82) is 5.26 Å². The fourth-order valence-corrected chi connectivity index (χ4v) is 3.63. The number of hydrogen-bond acceptors (Lipinski definition) is 6. The first kappa shape index (κ1) is 23.7. The summed E-state index contributed by atoms with van der Waals surface area (Å²) < 4.78 is 43.6. The van der Waals surface area contributed by atoms with Crippen molar-refractivity contribution in [3.8, 4) is 11.8 Å². The molecule has 7 nitrogen and oxygen atoms in total. The highest BCUT2D eigenvalue weighted by Gasteiger charge is 2.18. The largest absolute Gasteiger partial charge is 0.433 e. The zero-order valence-electron chi connectivity index (χ0n) is 17.2. The maximum atomic E-state index is 14.5. The number of carbonyl (C=O) groups is 2. The fourth-order valence-electron chi connectivity index (χ4n) is 2.89. The smallest absolute Gasteiger partial charge is 0.387 e. The average molecular weight is 474 g/mol. The van der Waals surface area contributed by atoms with E-state index < -0.39 is 24.2 Å². The van der Waals surface area contributed by atoms with E-state index in [1.165, 1.54) is 29.8 Å². The van der Waals surface area contributed by atoms with E-state index in [1.807, 2.05) is 6.07 Å². The number of nitriles is 1. The van der Waals surface area contributed by atoms with Crippen LogP contribution in [0.2, 0.25) is 0 Å². The number of aryl methyl sites for hydroxylation is 1. The van der Waals surface area contributed by atoms with E-state index in [0.717, 1.165) is 11.3 Å². The topological polar surface area (TPSA) is 104 Å². The summed E-state index contributed by atoms with van der Waals surface area (Å²) in [7, 11) is 0. The standard InChI is InChI=1S/C22H17F3N4O3S/c1-12-6-14(8-26)10-27-18(12)20(30)28-9-13-2-3-15(16(23)7-13)11-29-21(31)19-17(4-5-33-19)32-22(24)25/h2-7,10,22H,9,11H2,1H3,(H,28,30)(H,29,31). The molecule has 0 bridgehead atoms. The number of nitrogens with one attached hydrogen (secondary N) is 2. The molecule has 2 heterocycles. The summed E-state index contributed by atoms with van der Waals surface area (Å²) in [6.45, 7) is -1.54. The number of ether oxygens (including phenoxy) is 1. The molecule has 0 spiro atoms. The van der Waals surface area contributed by atoms with Crippen LogP contribution in [-0.4, -0.2) is 23.4 Å². The molecule has 0 radical (unpaired) electrons. The number of benzene rings is 1. The number of halogens is 3. The lowest BCUT2D eigenvalue weighted by atomic mass is 10.1. The first-order valence-electron chi connectivity index (χ1n) is 9.51. The second kappa shape index (κ2) is 10.6. The Morgan fingerprint density at radius 2 is 1.94 bits per heavy atom. The van der Waals surface area contributed by atoms with Crippen LogP contribution >= 0.6 is 11.3 Å². The van der Waals surface area contributed by atoms with Gasteiger partial charge in [-0.2, -0.15) is 14.0 Å². The number of thiophene rings is 1. The lowest BCUT2D eigenvalue weighted by Gasteiger charge is -2.10. The monoisotopic (exact) mass is 474 g/mol. The van der Waals surface area contributed by atoms with E-state index in [0.29, 0.717) is 16.7 Å². The Labute approximate surface area is 190 Å². The van der Waals surface area contributed by atoms with Crippen LogP contribution in [0.1, 0.15) is 42.4 Å². The average Bonchev–Trinajstić information content (AvgIpc) is 3.24. The van der Waals surface area contributed by atoms with Crippen LogP contribution in [0.25, 0.3) is 0 Å². The highest BCUT2D eigenvalue weighted by atomic mass is 32.1. The van der Waals surface area contributed by atoms with Crippen molar-refractivity contribution in [3.63, 3.8) is 0 Å². The third-order valence-corrected chi connectivity index (χ3v) is 5.38. The summed E-state index contributed by atoms with van der Waals surface area (Å²) in [4.78, 5) is 28.5. The Morgan fingerprint density at radius 1 is 1.18 bits per heavy atom. The Hall–Kier alpha value is -3.91. The van der Waals surface area contributed by atoms with E-state index in [-0.39, 0.29) is 35.0 Å². The van der Waals surface area contributed by atoms with E-state index in [2.05, 4.69) is 20.4 Å².